The number of carboxylic acids is 2. The molecule has 0 aliphatic heterocycles. The Morgan fingerprint density at radius 1 is 1.15 bits per heavy atom. The minimum Gasteiger partial charge on any atom is -0.480 e. The molecule has 1 rings (SSSR count). The molecule has 1 aromatic rings. The van der Waals surface area contributed by atoms with Crippen LogP contribution >= 0.6 is 0 Å². The van der Waals surface area contributed by atoms with Crippen LogP contribution in [0.1, 0.15) is 12.5 Å². The first kappa shape index (κ1) is 18.1. The summed E-state index contributed by atoms with van der Waals surface area (Å²) in [6.07, 6.45) is 0.385. The number of carbonyl (C=O) groups is 2. The van der Waals surface area contributed by atoms with Crippen LogP contribution in [0.15, 0.2) is 30.3 Å². The summed E-state index contributed by atoms with van der Waals surface area (Å²) in [7, 11) is 3.47. The zero-order valence-corrected chi connectivity index (χ0v) is 12.0. The van der Waals surface area contributed by atoms with Crippen LogP contribution < -0.4 is 5.73 Å². The van der Waals surface area contributed by atoms with E-state index in [1.165, 1.54) is 0 Å². The Bertz CT molecular complexity index is 420. The third-order valence-electron chi connectivity index (χ3n) is 2.75. The molecule has 0 saturated carbocycles. The first-order chi connectivity index (χ1) is 9.25. The Kier molecular flexibility index (Phi) is 8.19. The molecule has 0 aliphatic carbocycles. The van der Waals surface area contributed by atoms with Gasteiger partial charge in [0.1, 0.15) is 12.1 Å². The molecule has 6 heteroatoms. The normalized spacial score (nSPS) is 13.1. The van der Waals surface area contributed by atoms with Gasteiger partial charge in [-0.1, -0.05) is 30.3 Å². The lowest BCUT2D eigenvalue weighted by atomic mass is 10.1. The summed E-state index contributed by atoms with van der Waals surface area (Å²) in [5.41, 5.74) is 6.30. The van der Waals surface area contributed by atoms with Crippen LogP contribution in [0.3, 0.4) is 0 Å². The smallest absolute Gasteiger partial charge is 0.320 e. The Balaban J connectivity index is 0.000000396. The number of likely N-dealkylation sites (N-methyl/N-ethyl adjacent to an activating group) is 1. The minimum atomic E-state index is -0.959. The number of nitrogens with zero attached hydrogens (tertiary/aromatic N) is 1. The molecule has 0 saturated heterocycles. The Morgan fingerprint density at radius 3 is 1.95 bits per heavy atom. The number of hydrogen-bond acceptors (Lipinski definition) is 4. The van der Waals surface area contributed by atoms with E-state index in [9.17, 15) is 9.59 Å². The molecule has 0 radical (unpaired) electrons. The standard InChI is InChI=1S/C9H11NO2.C5H11NO2/c10-8(9(11)12)6-7-4-2-1-3-5-7;1-4(5(7)8)6(2)3/h1-5,8H,6,10H2,(H,11,12);4H,1-3H3,(H,7,8). The third-order valence-corrected chi connectivity index (χ3v) is 2.75. The Labute approximate surface area is 118 Å². The second kappa shape index (κ2) is 9.06. The van der Waals surface area contributed by atoms with Gasteiger partial charge in [-0.25, -0.2) is 0 Å². The van der Waals surface area contributed by atoms with Crippen molar-refractivity contribution < 1.29 is 19.8 Å². The van der Waals surface area contributed by atoms with E-state index in [4.69, 9.17) is 15.9 Å². The van der Waals surface area contributed by atoms with E-state index in [0.717, 1.165) is 5.56 Å². The summed E-state index contributed by atoms with van der Waals surface area (Å²) in [5, 5.41) is 16.8. The van der Waals surface area contributed by atoms with Crippen molar-refractivity contribution >= 4 is 11.9 Å². The van der Waals surface area contributed by atoms with Crippen molar-refractivity contribution in [3.63, 3.8) is 0 Å². The molecule has 0 bridgehead atoms. The van der Waals surface area contributed by atoms with Gasteiger partial charge in [0.2, 0.25) is 0 Å². The molecule has 1 aromatic carbocycles. The fourth-order valence-corrected chi connectivity index (χ4v) is 1.18. The highest BCUT2D eigenvalue weighted by molar-refractivity contribution is 5.73. The summed E-state index contributed by atoms with van der Waals surface area (Å²) in [5.74, 6) is -1.74. The lowest BCUT2D eigenvalue weighted by Crippen LogP contribution is -2.32. The van der Waals surface area contributed by atoms with Crippen LogP contribution in [-0.4, -0.2) is 53.2 Å². The van der Waals surface area contributed by atoms with E-state index >= 15 is 0 Å². The quantitative estimate of drug-likeness (QED) is 0.733. The first-order valence-electron chi connectivity index (χ1n) is 6.17. The number of nitrogens with two attached hydrogens (primary N) is 1. The molecule has 20 heavy (non-hydrogen) atoms. The molecule has 112 valence electrons. The zero-order valence-electron chi connectivity index (χ0n) is 12.0. The predicted molar refractivity (Wildman–Crippen MR) is 76.5 cm³/mol. The van der Waals surface area contributed by atoms with Gasteiger partial charge < -0.3 is 15.9 Å². The number of aliphatic carboxylic acids is 2. The molecule has 2 atom stereocenters. The van der Waals surface area contributed by atoms with Gasteiger partial charge in [0.25, 0.3) is 0 Å². The van der Waals surface area contributed by atoms with E-state index in [2.05, 4.69) is 0 Å². The number of hydrogen-bond donors (Lipinski definition) is 3. The second-order valence-corrected chi connectivity index (χ2v) is 4.61. The molecule has 4 N–H and O–H groups in total. The van der Waals surface area contributed by atoms with Gasteiger partial charge in [-0.3, -0.25) is 14.5 Å². The molecular weight excluding hydrogens is 260 g/mol. The van der Waals surface area contributed by atoms with Gasteiger partial charge in [-0.15, -0.1) is 0 Å². The minimum absolute atomic E-state index is 0.380. The second-order valence-electron chi connectivity index (χ2n) is 4.61. The van der Waals surface area contributed by atoms with Crippen molar-refractivity contribution in [2.45, 2.75) is 25.4 Å². The zero-order chi connectivity index (χ0) is 15.7. The van der Waals surface area contributed by atoms with Crippen LogP contribution in [0.5, 0.6) is 0 Å². The van der Waals surface area contributed by atoms with Gasteiger partial charge >= 0.3 is 11.9 Å². The van der Waals surface area contributed by atoms with Crippen molar-refractivity contribution in [2.75, 3.05) is 14.1 Å². The molecule has 0 heterocycles. The largest absolute Gasteiger partial charge is 0.480 e. The van der Waals surface area contributed by atoms with Crippen LogP contribution in [0, 0.1) is 0 Å². The lowest BCUT2D eigenvalue weighted by molar-refractivity contribution is -0.141. The van der Waals surface area contributed by atoms with Gasteiger partial charge in [0, 0.05) is 0 Å². The van der Waals surface area contributed by atoms with E-state index in [0.29, 0.717) is 6.42 Å². The van der Waals surface area contributed by atoms with Crippen molar-refractivity contribution in [3.05, 3.63) is 35.9 Å². The summed E-state index contributed by atoms with van der Waals surface area (Å²) in [6, 6.07) is 8.16. The summed E-state index contributed by atoms with van der Waals surface area (Å²) < 4.78 is 0. The number of rotatable bonds is 5. The lowest BCUT2D eigenvalue weighted by Gasteiger charge is -2.13. The van der Waals surface area contributed by atoms with Gasteiger partial charge in [0.15, 0.2) is 0 Å². The molecular formula is C14H22N2O4. The van der Waals surface area contributed by atoms with Crippen LogP contribution in [0.2, 0.25) is 0 Å². The molecule has 0 amide bonds. The third kappa shape index (κ3) is 7.50. The van der Waals surface area contributed by atoms with Crippen LogP contribution in [0.4, 0.5) is 0 Å². The molecule has 0 fully saturated rings. The van der Waals surface area contributed by atoms with Crippen LogP contribution in [0.25, 0.3) is 0 Å². The van der Waals surface area contributed by atoms with Crippen molar-refractivity contribution in [1.29, 1.82) is 0 Å². The molecule has 6 nitrogen and oxygen atoms in total. The summed E-state index contributed by atoms with van der Waals surface area (Å²) in [4.78, 5) is 22.1. The van der Waals surface area contributed by atoms with E-state index in [1.807, 2.05) is 30.3 Å². The summed E-state index contributed by atoms with van der Waals surface area (Å²) in [6.45, 7) is 1.64. The fourth-order valence-electron chi connectivity index (χ4n) is 1.18. The first-order valence-corrected chi connectivity index (χ1v) is 6.17. The maximum Gasteiger partial charge on any atom is 0.320 e. The topological polar surface area (TPSA) is 104 Å². The average molecular weight is 282 g/mol. The summed E-state index contributed by atoms with van der Waals surface area (Å²) >= 11 is 0. The maximum atomic E-state index is 10.4. The van der Waals surface area contributed by atoms with Crippen LogP contribution in [-0.2, 0) is 16.0 Å². The molecule has 0 aromatic heterocycles. The monoisotopic (exact) mass is 282 g/mol. The van der Waals surface area contributed by atoms with E-state index in [1.54, 1.807) is 25.9 Å². The van der Waals surface area contributed by atoms with Gasteiger partial charge in [0.05, 0.1) is 0 Å². The van der Waals surface area contributed by atoms with Gasteiger partial charge in [-0.2, -0.15) is 0 Å². The molecule has 0 spiro atoms. The fraction of sp³-hybridized carbons (Fsp3) is 0.429. The van der Waals surface area contributed by atoms with Crippen molar-refractivity contribution in [3.8, 4) is 0 Å². The van der Waals surface area contributed by atoms with Crippen molar-refractivity contribution in [1.82, 2.24) is 4.90 Å². The molecule has 0 aliphatic rings. The van der Waals surface area contributed by atoms with Crippen molar-refractivity contribution in [2.24, 2.45) is 5.73 Å². The Morgan fingerprint density at radius 2 is 1.65 bits per heavy atom. The molecule has 2 unspecified atom stereocenters. The van der Waals surface area contributed by atoms with Gasteiger partial charge in [-0.05, 0) is 33.0 Å². The highest BCUT2D eigenvalue weighted by Gasteiger charge is 2.11. The SMILES string of the molecule is CC(C(=O)O)N(C)C.NC(Cc1ccccc1)C(=O)O. The predicted octanol–water partition coefficient (Wildman–Crippen LogP) is 0.662. The highest BCUT2D eigenvalue weighted by Crippen LogP contribution is 2.01. The Hall–Kier alpha value is -1.92. The highest BCUT2D eigenvalue weighted by atomic mass is 16.4. The maximum absolute atomic E-state index is 10.4. The average Bonchev–Trinajstić information content (AvgIpc) is 2.39. The number of carboxylic acid groups (broad SMARTS) is 2. The van der Waals surface area contributed by atoms with E-state index < -0.39 is 18.0 Å². The van der Waals surface area contributed by atoms with E-state index in [-0.39, 0.29) is 6.04 Å². The number of benzene rings is 1.